The Morgan fingerprint density at radius 1 is 1.60 bits per heavy atom. The van der Waals surface area contributed by atoms with E-state index in [0.717, 1.165) is 5.52 Å². The molecule has 0 saturated carbocycles. The Kier molecular flexibility index (Phi) is 2.12. The van der Waals surface area contributed by atoms with Gasteiger partial charge >= 0.3 is 5.69 Å². The van der Waals surface area contributed by atoms with Crippen molar-refractivity contribution in [3.8, 4) is 0 Å². The minimum Gasteiger partial charge on any atom is -0.389 e. The number of nitrogens with zero attached hydrogens (tertiary/aromatic N) is 2. The topological polar surface area (TPSA) is 70.9 Å². The van der Waals surface area contributed by atoms with Gasteiger partial charge in [-0.15, -0.1) is 0 Å². The van der Waals surface area contributed by atoms with Crippen LogP contribution >= 0.6 is 0 Å². The molecule has 2 aromatic rings. The van der Waals surface area contributed by atoms with Crippen LogP contribution in [0.2, 0.25) is 0 Å². The fourth-order valence-electron chi connectivity index (χ4n) is 1.54. The normalized spacial score (nSPS) is 12.2. The third-order valence-electron chi connectivity index (χ3n) is 2.12. The summed E-state index contributed by atoms with van der Waals surface area (Å²) in [6.45, 7) is 3.57. The average Bonchev–Trinajstić information content (AvgIpc) is 2.41. The van der Waals surface area contributed by atoms with E-state index < -0.39 is 5.60 Å². The molecule has 5 heteroatoms. The molecule has 2 aromatic heterocycles. The Hall–Kier alpha value is -1.62. The van der Waals surface area contributed by atoms with Crippen LogP contribution in [0.25, 0.3) is 11.0 Å². The minimum absolute atomic E-state index is 0.222. The third kappa shape index (κ3) is 1.92. The summed E-state index contributed by atoms with van der Waals surface area (Å²) < 4.78 is 1.49. The zero-order valence-electron chi connectivity index (χ0n) is 8.69. The Balaban J connectivity index is 2.60. The maximum Gasteiger partial charge on any atom is 0.326 e. The lowest BCUT2D eigenvalue weighted by atomic mass is 10.1. The van der Waals surface area contributed by atoms with Crippen LogP contribution in [0.1, 0.15) is 13.8 Å². The summed E-state index contributed by atoms with van der Waals surface area (Å²) in [6, 6.07) is 1.73. The van der Waals surface area contributed by atoms with Crippen LogP contribution in [0.15, 0.2) is 23.3 Å². The van der Waals surface area contributed by atoms with Crippen LogP contribution in [0, 0.1) is 0 Å². The van der Waals surface area contributed by atoms with E-state index in [-0.39, 0.29) is 12.2 Å². The largest absolute Gasteiger partial charge is 0.389 e. The van der Waals surface area contributed by atoms with Gasteiger partial charge < -0.3 is 10.1 Å². The molecule has 0 amide bonds. The van der Waals surface area contributed by atoms with Gasteiger partial charge in [0, 0.05) is 6.20 Å². The first kappa shape index (κ1) is 9.92. The van der Waals surface area contributed by atoms with Crippen LogP contribution in [0.3, 0.4) is 0 Å². The molecule has 2 heterocycles. The number of aliphatic hydroxyl groups is 1. The van der Waals surface area contributed by atoms with Gasteiger partial charge in [-0.25, -0.2) is 4.79 Å². The second kappa shape index (κ2) is 3.20. The van der Waals surface area contributed by atoms with Gasteiger partial charge in [-0.05, 0) is 19.9 Å². The van der Waals surface area contributed by atoms with Crippen molar-refractivity contribution in [1.82, 2.24) is 14.5 Å². The molecule has 0 spiro atoms. The molecule has 0 aliphatic rings. The van der Waals surface area contributed by atoms with E-state index in [1.54, 1.807) is 32.3 Å². The summed E-state index contributed by atoms with van der Waals surface area (Å²) in [6.07, 6.45) is 3.23. The van der Waals surface area contributed by atoms with E-state index in [2.05, 4.69) is 9.97 Å². The zero-order valence-corrected chi connectivity index (χ0v) is 8.69. The summed E-state index contributed by atoms with van der Waals surface area (Å²) in [7, 11) is 0. The molecule has 15 heavy (non-hydrogen) atoms. The van der Waals surface area contributed by atoms with Gasteiger partial charge in [-0.3, -0.25) is 9.55 Å². The highest BCUT2D eigenvalue weighted by atomic mass is 16.3. The fraction of sp³-hybridized carbons (Fsp3) is 0.400. The second-order valence-corrected chi connectivity index (χ2v) is 4.22. The Morgan fingerprint density at radius 2 is 2.33 bits per heavy atom. The predicted molar refractivity (Wildman–Crippen MR) is 56.7 cm³/mol. The summed E-state index contributed by atoms with van der Waals surface area (Å²) >= 11 is 0. The molecule has 0 aliphatic heterocycles. The molecular formula is C10H13N3O2. The number of hydrogen-bond acceptors (Lipinski definition) is 3. The molecule has 2 rings (SSSR count). The van der Waals surface area contributed by atoms with E-state index in [4.69, 9.17) is 0 Å². The van der Waals surface area contributed by atoms with E-state index in [9.17, 15) is 9.90 Å². The number of nitrogens with one attached hydrogen (secondary N) is 1. The van der Waals surface area contributed by atoms with Crippen molar-refractivity contribution in [3.63, 3.8) is 0 Å². The monoisotopic (exact) mass is 207 g/mol. The van der Waals surface area contributed by atoms with Gasteiger partial charge in [0.25, 0.3) is 0 Å². The van der Waals surface area contributed by atoms with Crippen molar-refractivity contribution in [2.45, 2.75) is 26.0 Å². The molecule has 0 atom stereocenters. The van der Waals surface area contributed by atoms with E-state index >= 15 is 0 Å². The molecular weight excluding hydrogens is 194 g/mol. The number of hydrogen-bond donors (Lipinski definition) is 2. The van der Waals surface area contributed by atoms with Crippen LogP contribution in [0.4, 0.5) is 0 Å². The Labute approximate surface area is 86.4 Å². The second-order valence-electron chi connectivity index (χ2n) is 4.22. The van der Waals surface area contributed by atoms with Crippen molar-refractivity contribution >= 4 is 11.0 Å². The summed E-state index contributed by atoms with van der Waals surface area (Å²) in [5, 5.41) is 9.68. The van der Waals surface area contributed by atoms with Gasteiger partial charge in [-0.2, -0.15) is 0 Å². The van der Waals surface area contributed by atoms with E-state index in [1.807, 2.05) is 0 Å². The molecule has 0 radical (unpaired) electrons. The number of aromatic amines is 1. The van der Waals surface area contributed by atoms with Crippen molar-refractivity contribution in [2.75, 3.05) is 0 Å². The maximum absolute atomic E-state index is 11.6. The molecule has 0 aromatic carbocycles. The number of aromatic nitrogens is 3. The molecule has 0 bridgehead atoms. The predicted octanol–water partition coefficient (Wildman–Crippen LogP) is 0.495. The molecule has 0 fully saturated rings. The number of imidazole rings is 1. The van der Waals surface area contributed by atoms with Crippen LogP contribution in [-0.2, 0) is 6.54 Å². The van der Waals surface area contributed by atoms with Gasteiger partial charge in [0.15, 0.2) is 0 Å². The average molecular weight is 207 g/mol. The smallest absolute Gasteiger partial charge is 0.326 e. The van der Waals surface area contributed by atoms with Crippen molar-refractivity contribution in [2.24, 2.45) is 0 Å². The maximum atomic E-state index is 11.6. The highest BCUT2D eigenvalue weighted by Gasteiger charge is 2.17. The highest BCUT2D eigenvalue weighted by molar-refractivity contribution is 5.73. The Morgan fingerprint density at radius 3 is 3.00 bits per heavy atom. The zero-order chi connectivity index (χ0) is 11.1. The van der Waals surface area contributed by atoms with Crippen LogP contribution < -0.4 is 5.69 Å². The SMILES string of the molecule is CC(C)(O)Cn1c(=O)[nH]c2ccncc21. The summed E-state index contributed by atoms with van der Waals surface area (Å²) in [5.41, 5.74) is 0.304. The molecule has 0 aliphatic carbocycles. The highest BCUT2D eigenvalue weighted by Crippen LogP contribution is 2.11. The van der Waals surface area contributed by atoms with Crippen LogP contribution in [-0.4, -0.2) is 25.2 Å². The number of H-pyrrole nitrogens is 1. The fourth-order valence-corrected chi connectivity index (χ4v) is 1.54. The Bertz CT molecular complexity index is 533. The summed E-state index contributed by atoms with van der Waals surface area (Å²) in [5.74, 6) is 0. The molecule has 5 nitrogen and oxygen atoms in total. The first-order chi connectivity index (χ1) is 6.97. The lowest BCUT2D eigenvalue weighted by Gasteiger charge is -2.17. The van der Waals surface area contributed by atoms with E-state index in [1.165, 1.54) is 4.57 Å². The number of rotatable bonds is 2. The minimum atomic E-state index is -0.922. The van der Waals surface area contributed by atoms with Gasteiger partial charge in [-0.1, -0.05) is 0 Å². The van der Waals surface area contributed by atoms with Gasteiger partial charge in [0.2, 0.25) is 0 Å². The lowest BCUT2D eigenvalue weighted by Crippen LogP contribution is -2.31. The molecule has 0 unspecified atom stereocenters. The molecule has 80 valence electrons. The first-order valence-corrected chi connectivity index (χ1v) is 4.72. The standard InChI is InChI=1S/C10H13N3O2/c1-10(2,15)6-13-8-5-11-4-3-7(8)12-9(13)14/h3-5,15H,6H2,1-2H3,(H,12,14). The van der Waals surface area contributed by atoms with Crippen molar-refractivity contribution < 1.29 is 5.11 Å². The van der Waals surface area contributed by atoms with E-state index in [0.29, 0.717) is 5.52 Å². The van der Waals surface area contributed by atoms with Gasteiger partial charge in [0.05, 0.1) is 29.4 Å². The molecule has 2 N–H and O–H groups in total. The van der Waals surface area contributed by atoms with Crippen molar-refractivity contribution in [3.05, 3.63) is 28.9 Å². The number of fused-ring (bicyclic) bond motifs is 1. The summed E-state index contributed by atoms with van der Waals surface area (Å²) in [4.78, 5) is 18.2. The lowest BCUT2D eigenvalue weighted by molar-refractivity contribution is 0.0617. The quantitative estimate of drug-likeness (QED) is 0.753. The molecule has 0 saturated heterocycles. The third-order valence-corrected chi connectivity index (χ3v) is 2.12. The van der Waals surface area contributed by atoms with Crippen molar-refractivity contribution in [1.29, 1.82) is 0 Å². The van der Waals surface area contributed by atoms with Crippen LogP contribution in [0.5, 0.6) is 0 Å². The number of pyridine rings is 1. The first-order valence-electron chi connectivity index (χ1n) is 4.72. The van der Waals surface area contributed by atoms with Gasteiger partial charge in [0.1, 0.15) is 0 Å².